The number of hydrogen-bond donors (Lipinski definition) is 3. The number of aliphatic hydroxyl groups is 1. The Bertz CT molecular complexity index is 1370. The third-order valence-electron chi connectivity index (χ3n) is 4.79. The number of rotatable bonds is 6. The zero-order chi connectivity index (χ0) is 23.0. The third-order valence-corrected chi connectivity index (χ3v) is 6.41. The Balaban J connectivity index is 1.71. The fourth-order valence-electron chi connectivity index (χ4n) is 3.23. The van der Waals surface area contributed by atoms with Crippen LogP contribution in [0.5, 0.6) is 0 Å². The summed E-state index contributed by atoms with van der Waals surface area (Å²) in [5, 5.41) is 11.6. The minimum atomic E-state index is -1.79. The first-order valence-corrected chi connectivity index (χ1v) is 11.4. The van der Waals surface area contributed by atoms with E-state index in [9.17, 15) is 14.1 Å². The maximum atomic E-state index is 13.3. The lowest BCUT2D eigenvalue weighted by Gasteiger charge is -2.20. The number of fused-ring (bicyclic) bond motifs is 1. The van der Waals surface area contributed by atoms with Gasteiger partial charge in [0.05, 0.1) is 21.2 Å². The Morgan fingerprint density at radius 2 is 1.94 bits per heavy atom. The molecule has 4 rings (SSSR count). The highest BCUT2D eigenvalue weighted by Gasteiger charge is 2.23. The summed E-state index contributed by atoms with van der Waals surface area (Å²) in [6.07, 6.45) is 4.57. The van der Waals surface area contributed by atoms with E-state index in [1.165, 1.54) is 18.5 Å². The molecule has 0 radical (unpaired) electrons. The van der Waals surface area contributed by atoms with Crippen LogP contribution in [0.4, 0.5) is 5.69 Å². The monoisotopic (exact) mass is 488 g/mol. The van der Waals surface area contributed by atoms with Crippen molar-refractivity contribution in [3.8, 4) is 0 Å². The molecule has 164 valence electrons. The molecule has 0 bridgehead atoms. The highest BCUT2D eigenvalue weighted by Crippen LogP contribution is 2.31. The predicted molar refractivity (Wildman–Crippen MR) is 126 cm³/mol. The first kappa shape index (κ1) is 22.4. The second kappa shape index (κ2) is 8.63. The van der Waals surface area contributed by atoms with Crippen molar-refractivity contribution >= 4 is 56.7 Å². The predicted octanol–water partition coefficient (Wildman–Crippen LogP) is 4.86. The first-order chi connectivity index (χ1) is 15.1. The number of benzene rings is 1. The van der Waals surface area contributed by atoms with Crippen LogP contribution >= 0.6 is 23.2 Å². The lowest BCUT2D eigenvalue weighted by molar-refractivity contribution is 0.0785. The highest BCUT2D eigenvalue weighted by atomic mass is 35.5. The van der Waals surface area contributed by atoms with E-state index in [2.05, 4.69) is 19.7 Å². The van der Waals surface area contributed by atoms with Crippen LogP contribution in [0.15, 0.2) is 59.9 Å². The number of H-pyrrole nitrogens is 1. The zero-order valence-corrected chi connectivity index (χ0v) is 19.3. The molecule has 0 amide bonds. The van der Waals surface area contributed by atoms with E-state index >= 15 is 0 Å². The number of aromatic amines is 1. The van der Waals surface area contributed by atoms with E-state index in [4.69, 9.17) is 23.2 Å². The maximum absolute atomic E-state index is 13.3. The van der Waals surface area contributed by atoms with Gasteiger partial charge in [-0.3, -0.25) is 9.52 Å². The van der Waals surface area contributed by atoms with Crippen LogP contribution < -0.4 is 4.72 Å². The molecule has 0 spiro atoms. The molecule has 0 aliphatic rings. The van der Waals surface area contributed by atoms with Gasteiger partial charge in [0.1, 0.15) is 22.3 Å². The highest BCUT2D eigenvalue weighted by molar-refractivity contribution is 7.86. The standard InChI is InChI=1S/C22H18Cl2N4O3S/c1-22(2,30)16-10-13(3-4-17(16)24)32(31)28-18-9-12(23)11-27-19(18)20(29)14-5-7-25-21-15(14)6-8-26-21/h3-11,28,30H,1-2H3,(H,25,26). The average molecular weight is 489 g/mol. The lowest BCUT2D eigenvalue weighted by atomic mass is 9.99. The van der Waals surface area contributed by atoms with E-state index in [0.29, 0.717) is 32.1 Å². The Morgan fingerprint density at radius 1 is 1.16 bits per heavy atom. The number of nitrogens with zero attached hydrogens (tertiary/aromatic N) is 2. The van der Waals surface area contributed by atoms with Gasteiger partial charge in [0, 0.05) is 40.1 Å². The summed E-state index contributed by atoms with van der Waals surface area (Å²) < 4.78 is 15.9. The molecular formula is C22H18Cl2N4O3S. The Hall–Kier alpha value is -2.78. The molecule has 0 saturated carbocycles. The minimum Gasteiger partial charge on any atom is -0.386 e. The quantitative estimate of drug-likeness (QED) is 0.336. The van der Waals surface area contributed by atoms with Crippen LogP contribution in [0.2, 0.25) is 10.0 Å². The molecule has 0 saturated heterocycles. The van der Waals surface area contributed by atoms with Gasteiger partial charge in [-0.2, -0.15) is 0 Å². The molecule has 3 heterocycles. The molecule has 0 aliphatic carbocycles. The molecule has 0 aliphatic heterocycles. The van der Waals surface area contributed by atoms with Gasteiger partial charge in [0.15, 0.2) is 0 Å². The van der Waals surface area contributed by atoms with Crippen LogP contribution in [0.3, 0.4) is 0 Å². The number of anilines is 1. The van der Waals surface area contributed by atoms with Gasteiger partial charge in [0.2, 0.25) is 5.78 Å². The summed E-state index contributed by atoms with van der Waals surface area (Å²) in [5.74, 6) is -0.374. The van der Waals surface area contributed by atoms with Gasteiger partial charge in [-0.1, -0.05) is 23.2 Å². The molecule has 32 heavy (non-hydrogen) atoms. The van der Waals surface area contributed by atoms with Gasteiger partial charge >= 0.3 is 0 Å². The summed E-state index contributed by atoms with van der Waals surface area (Å²) in [4.78, 5) is 25.0. The topological polar surface area (TPSA) is 108 Å². The summed E-state index contributed by atoms with van der Waals surface area (Å²) >= 11 is 12.3. The van der Waals surface area contributed by atoms with Crippen LogP contribution in [0.1, 0.15) is 35.5 Å². The first-order valence-electron chi connectivity index (χ1n) is 9.48. The van der Waals surface area contributed by atoms with Gasteiger partial charge in [-0.05, 0) is 50.2 Å². The van der Waals surface area contributed by atoms with Crippen LogP contribution in [-0.2, 0) is 16.6 Å². The largest absolute Gasteiger partial charge is 0.386 e. The number of carbonyl (C=O) groups is 1. The molecule has 1 aromatic carbocycles. The minimum absolute atomic E-state index is 0.0631. The van der Waals surface area contributed by atoms with Crippen molar-refractivity contribution in [3.05, 3.63) is 81.9 Å². The second-order valence-electron chi connectivity index (χ2n) is 7.55. The normalized spacial score (nSPS) is 12.7. The number of pyridine rings is 2. The van der Waals surface area contributed by atoms with Crippen molar-refractivity contribution < 1.29 is 14.1 Å². The van der Waals surface area contributed by atoms with E-state index < -0.39 is 16.6 Å². The van der Waals surface area contributed by atoms with Gasteiger partial charge in [-0.25, -0.2) is 14.2 Å². The van der Waals surface area contributed by atoms with Crippen molar-refractivity contribution in [2.75, 3.05) is 4.72 Å². The Morgan fingerprint density at radius 3 is 2.69 bits per heavy atom. The number of ketones is 1. The van der Waals surface area contributed by atoms with Crippen molar-refractivity contribution in [1.29, 1.82) is 0 Å². The van der Waals surface area contributed by atoms with Gasteiger partial charge in [-0.15, -0.1) is 0 Å². The van der Waals surface area contributed by atoms with E-state index in [0.717, 1.165) is 0 Å². The summed E-state index contributed by atoms with van der Waals surface area (Å²) in [6.45, 7) is 3.17. The summed E-state index contributed by atoms with van der Waals surface area (Å²) in [5.41, 5.74) is 0.450. The van der Waals surface area contributed by atoms with Gasteiger partial charge < -0.3 is 10.1 Å². The van der Waals surface area contributed by atoms with Crippen LogP contribution in [0.25, 0.3) is 11.0 Å². The number of nitrogens with one attached hydrogen (secondary N) is 2. The lowest BCUT2D eigenvalue weighted by Crippen LogP contribution is -2.17. The van der Waals surface area contributed by atoms with E-state index in [-0.39, 0.29) is 22.2 Å². The van der Waals surface area contributed by atoms with Crippen LogP contribution in [0, 0.1) is 0 Å². The number of carbonyl (C=O) groups excluding carboxylic acids is 1. The molecule has 4 aromatic rings. The molecule has 1 atom stereocenters. The number of hydrogen-bond acceptors (Lipinski definition) is 5. The van der Waals surface area contributed by atoms with Crippen molar-refractivity contribution in [2.45, 2.75) is 24.3 Å². The van der Waals surface area contributed by atoms with Gasteiger partial charge in [0.25, 0.3) is 0 Å². The summed E-state index contributed by atoms with van der Waals surface area (Å²) in [7, 11) is -1.79. The van der Waals surface area contributed by atoms with Crippen LogP contribution in [-0.4, -0.2) is 30.1 Å². The fourth-order valence-corrected chi connectivity index (χ4v) is 4.63. The Labute approximate surface area is 196 Å². The zero-order valence-electron chi connectivity index (χ0n) is 17.0. The van der Waals surface area contributed by atoms with E-state index in [1.807, 2.05) is 0 Å². The second-order valence-corrected chi connectivity index (χ2v) is 9.61. The fraction of sp³-hybridized carbons (Fsp3) is 0.136. The summed E-state index contributed by atoms with van der Waals surface area (Å²) in [6, 6.07) is 9.53. The maximum Gasteiger partial charge on any atom is 0.214 e. The molecule has 3 N–H and O–H groups in total. The molecule has 1 unspecified atom stereocenters. The number of aromatic nitrogens is 3. The SMILES string of the molecule is CC(C)(O)c1cc(S(=O)Nc2cc(Cl)cnc2C(=O)c2ccnc3[nH]ccc23)ccc1Cl. The molecule has 7 nitrogen and oxygen atoms in total. The van der Waals surface area contributed by atoms with E-state index in [1.54, 1.807) is 50.4 Å². The molecule has 3 aromatic heterocycles. The molecular weight excluding hydrogens is 471 g/mol. The third kappa shape index (κ3) is 4.40. The number of halogens is 2. The Kier molecular flexibility index (Phi) is 6.05. The smallest absolute Gasteiger partial charge is 0.214 e. The molecule has 0 fully saturated rings. The van der Waals surface area contributed by atoms with Crippen molar-refractivity contribution in [3.63, 3.8) is 0 Å². The van der Waals surface area contributed by atoms with Crippen molar-refractivity contribution in [1.82, 2.24) is 15.0 Å². The average Bonchev–Trinajstić information content (AvgIpc) is 3.22. The van der Waals surface area contributed by atoms with Crippen molar-refractivity contribution in [2.24, 2.45) is 0 Å². The molecule has 10 heteroatoms.